The summed E-state index contributed by atoms with van der Waals surface area (Å²) < 4.78 is 5.35. The molecular weight excluding hydrogens is 270 g/mol. The molecule has 0 atom stereocenters. The van der Waals surface area contributed by atoms with Gasteiger partial charge in [0, 0.05) is 12.3 Å². The molecule has 1 heterocycles. The molecule has 0 spiro atoms. The first-order chi connectivity index (χ1) is 9.11. The van der Waals surface area contributed by atoms with E-state index in [0.29, 0.717) is 0 Å². The van der Waals surface area contributed by atoms with Gasteiger partial charge in [-0.2, -0.15) is 5.26 Å². The van der Waals surface area contributed by atoms with Crippen LogP contribution in [0.3, 0.4) is 0 Å². The summed E-state index contributed by atoms with van der Waals surface area (Å²) in [7, 11) is 0. The lowest BCUT2D eigenvalue weighted by Gasteiger charge is -2.07. The summed E-state index contributed by atoms with van der Waals surface area (Å²) in [6, 6.07) is 8.81. The first-order valence-corrected chi connectivity index (χ1v) is 5.46. The normalized spacial score (nSPS) is 9.68. The maximum Gasteiger partial charge on any atom is 0.273 e. The van der Waals surface area contributed by atoms with Gasteiger partial charge < -0.3 is 4.74 Å². The molecule has 1 aromatic carbocycles. The Kier molecular flexibility index (Phi) is 3.59. The molecule has 1 aromatic heterocycles. The highest BCUT2D eigenvalue weighted by atomic mass is 35.5. The van der Waals surface area contributed by atoms with Crippen LogP contribution in [0.15, 0.2) is 36.5 Å². The van der Waals surface area contributed by atoms with Crippen LogP contribution in [-0.4, -0.2) is 9.91 Å². The van der Waals surface area contributed by atoms with E-state index < -0.39 is 4.92 Å². The Balaban J connectivity index is 2.41. The van der Waals surface area contributed by atoms with Crippen LogP contribution in [0.25, 0.3) is 0 Å². The van der Waals surface area contributed by atoms with Gasteiger partial charge in [-0.3, -0.25) is 10.1 Å². The van der Waals surface area contributed by atoms with Crippen molar-refractivity contribution >= 4 is 17.3 Å². The van der Waals surface area contributed by atoms with E-state index in [4.69, 9.17) is 21.6 Å². The molecule has 0 fully saturated rings. The lowest BCUT2D eigenvalue weighted by molar-refractivity contribution is -0.384. The van der Waals surface area contributed by atoms with Crippen molar-refractivity contribution in [2.24, 2.45) is 0 Å². The topological polar surface area (TPSA) is 89.0 Å². The Hall–Kier alpha value is -2.65. The van der Waals surface area contributed by atoms with Gasteiger partial charge in [-0.1, -0.05) is 11.6 Å². The van der Waals surface area contributed by atoms with Gasteiger partial charge in [0.15, 0.2) is 5.75 Å². The van der Waals surface area contributed by atoms with Crippen molar-refractivity contribution in [3.8, 4) is 17.7 Å². The van der Waals surface area contributed by atoms with Crippen molar-refractivity contribution in [3.05, 3.63) is 57.2 Å². The largest absolute Gasteiger partial charge is 0.436 e. The van der Waals surface area contributed by atoms with E-state index >= 15 is 0 Å². The number of hydrogen-bond donors (Lipinski definition) is 0. The monoisotopic (exact) mass is 275 g/mol. The van der Waals surface area contributed by atoms with Crippen molar-refractivity contribution in [1.29, 1.82) is 5.26 Å². The van der Waals surface area contributed by atoms with E-state index in [1.54, 1.807) is 6.07 Å². The predicted molar refractivity (Wildman–Crippen MR) is 67.1 cm³/mol. The van der Waals surface area contributed by atoms with Gasteiger partial charge in [-0.05, 0) is 18.2 Å². The summed E-state index contributed by atoms with van der Waals surface area (Å²) in [5.41, 5.74) is 0.0545. The zero-order chi connectivity index (χ0) is 13.8. The third kappa shape index (κ3) is 2.78. The minimum Gasteiger partial charge on any atom is -0.436 e. The molecule has 0 unspecified atom stereocenters. The van der Waals surface area contributed by atoms with Gasteiger partial charge in [0.05, 0.1) is 16.0 Å². The zero-order valence-corrected chi connectivity index (χ0v) is 10.2. The highest BCUT2D eigenvalue weighted by Crippen LogP contribution is 2.32. The highest BCUT2D eigenvalue weighted by Gasteiger charge is 2.13. The number of rotatable bonds is 3. The van der Waals surface area contributed by atoms with E-state index in [9.17, 15) is 10.1 Å². The standard InChI is InChI=1S/C12H6ClN3O3/c13-10-4-3-9(16(17)18)6-11(10)19-12-8(7-14)2-1-5-15-12/h1-6H. The van der Waals surface area contributed by atoms with Crippen LogP contribution in [0, 0.1) is 21.4 Å². The van der Waals surface area contributed by atoms with Gasteiger partial charge in [-0.15, -0.1) is 0 Å². The summed E-state index contributed by atoms with van der Waals surface area (Å²) >= 11 is 5.89. The molecule has 2 aromatic rings. The number of nitrogens with zero attached hydrogens (tertiary/aromatic N) is 3. The quantitative estimate of drug-likeness (QED) is 0.633. The molecular formula is C12H6ClN3O3. The van der Waals surface area contributed by atoms with E-state index in [-0.39, 0.29) is 27.9 Å². The molecule has 6 nitrogen and oxygen atoms in total. The maximum atomic E-state index is 10.7. The van der Waals surface area contributed by atoms with Crippen LogP contribution in [0.1, 0.15) is 5.56 Å². The van der Waals surface area contributed by atoms with Gasteiger partial charge in [0.2, 0.25) is 5.88 Å². The number of halogens is 1. The number of pyridine rings is 1. The first-order valence-electron chi connectivity index (χ1n) is 5.08. The molecule has 0 N–H and O–H groups in total. The highest BCUT2D eigenvalue weighted by molar-refractivity contribution is 6.32. The van der Waals surface area contributed by atoms with E-state index in [1.807, 2.05) is 6.07 Å². The summed E-state index contributed by atoms with van der Waals surface area (Å²) in [4.78, 5) is 14.0. The van der Waals surface area contributed by atoms with E-state index in [2.05, 4.69) is 4.98 Å². The average molecular weight is 276 g/mol. The Morgan fingerprint density at radius 1 is 1.42 bits per heavy atom. The van der Waals surface area contributed by atoms with E-state index in [0.717, 1.165) is 0 Å². The molecule has 0 radical (unpaired) electrons. The minimum absolute atomic E-state index is 0.0485. The minimum atomic E-state index is -0.563. The molecule has 0 amide bonds. The molecule has 0 bridgehead atoms. The van der Waals surface area contributed by atoms with Crippen LogP contribution < -0.4 is 4.74 Å². The Morgan fingerprint density at radius 3 is 2.89 bits per heavy atom. The second-order valence-corrected chi connectivity index (χ2v) is 3.85. The Labute approximate surface area is 113 Å². The number of ether oxygens (including phenoxy) is 1. The van der Waals surface area contributed by atoms with Gasteiger partial charge >= 0.3 is 0 Å². The van der Waals surface area contributed by atoms with Crippen LogP contribution >= 0.6 is 11.6 Å². The molecule has 0 aliphatic carbocycles. The second-order valence-electron chi connectivity index (χ2n) is 3.44. The fourth-order valence-corrected chi connectivity index (χ4v) is 1.50. The van der Waals surface area contributed by atoms with Crippen LogP contribution in [-0.2, 0) is 0 Å². The molecule has 2 rings (SSSR count). The van der Waals surface area contributed by atoms with Crippen molar-refractivity contribution < 1.29 is 9.66 Å². The van der Waals surface area contributed by atoms with Crippen LogP contribution in [0.5, 0.6) is 11.6 Å². The van der Waals surface area contributed by atoms with Gasteiger partial charge in [0.25, 0.3) is 5.69 Å². The lowest BCUT2D eigenvalue weighted by Crippen LogP contribution is -1.94. The second kappa shape index (κ2) is 5.33. The average Bonchev–Trinajstić information content (AvgIpc) is 2.41. The molecule has 0 aliphatic rings. The molecule has 7 heteroatoms. The summed E-state index contributed by atoms with van der Waals surface area (Å²) in [5.74, 6) is 0.124. The van der Waals surface area contributed by atoms with Crippen molar-refractivity contribution in [3.63, 3.8) is 0 Å². The van der Waals surface area contributed by atoms with Crippen molar-refractivity contribution in [1.82, 2.24) is 4.98 Å². The first kappa shape index (κ1) is 12.8. The molecule has 0 saturated heterocycles. The molecule has 19 heavy (non-hydrogen) atoms. The number of non-ortho nitro benzene ring substituents is 1. The van der Waals surface area contributed by atoms with Gasteiger partial charge in [-0.25, -0.2) is 4.98 Å². The SMILES string of the molecule is N#Cc1cccnc1Oc1cc([N+](=O)[O-])ccc1Cl. The predicted octanol–water partition coefficient (Wildman–Crippen LogP) is 3.31. The molecule has 94 valence electrons. The number of nitro groups is 1. The summed E-state index contributed by atoms with van der Waals surface area (Å²) in [6.45, 7) is 0. The molecule has 0 saturated carbocycles. The fourth-order valence-electron chi connectivity index (χ4n) is 1.35. The van der Waals surface area contributed by atoms with Crippen LogP contribution in [0.2, 0.25) is 5.02 Å². The summed E-state index contributed by atoms with van der Waals surface area (Å²) in [5, 5.41) is 19.8. The Bertz CT molecular complexity index is 682. The number of hydrogen-bond acceptors (Lipinski definition) is 5. The number of nitro benzene ring substituents is 1. The molecule has 0 aliphatic heterocycles. The smallest absolute Gasteiger partial charge is 0.273 e. The van der Waals surface area contributed by atoms with Crippen molar-refractivity contribution in [2.75, 3.05) is 0 Å². The Morgan fingerprint density at radius 2 is 2.21 bits per heavy atom. The van der Waals surface area contributed by atoms with Crippen LogP contribution in [0.4, 0.5) is 5.69 Å². The third-order valence-corrected chi connectivity index (χ3v) is 2.54. The maximum absolute atomic E-state index is 10.7. The van der Waals surface area contributed by atoms with Crippen molar-refractivity contribution in [2.45, 2.75) is 0 Å². The zero-order valence-electron chi connectivity index (χ0n) is 9.41. The number of nitriles is 1. The fraction of sp³-hybridized carbons (Fsp3) is 0. The van der Waals surface area contributed by atoms with Gasteiger partial charge in [0.1, 0.15) is 11.6 Å². The third-order valence-electron chi connectivity index (χ3n) is 2.22. The lowest BCUT2D eigenvalue weighted by atomic mass is 10.3. The summed E-state index contributed by atoms with van der Waals surface area (Å²) in [6.07, 6.45) is 1.45. The number of benzene rings is 1. The number of aromatic nitrogens is 1. The van der Waals surface area contributed by atoms with E-state index in [1.165, 1.54) is 30.5 Å².